The minimum absolute atomic E-state index is 0.0934. The van der Waals surface area contributed by atoms with E-state index in [-0.39, 0.29) is 11.7 Å². The van der Waals surface area contributed by atoms with Gasteiger partial charge in [-0.15, -0.1) is 0 Å². The van der Waals surface area contributed by atoms with Crippen molar-refractivity contribution in [3.8, 4) is 0 Å². The average Bonchev–Trinajstić information content (AvgIpc) is 3.18. The smallest absolute Gasteiger partial charge is 0.242 e. The Morgan fingerprint density at radius 1 is 1.19 bits per heavy atom. The number of H-pyrrole nitrogens is 1. The molecule has 0 atom stereocenters. The Morgan fingerprint density at radius 3 is 2.93 bits per heavy atom. The summed E-state index contributed by atoms with van der Waals surface area (Å²) in [6, 6.07) is 15.0. The maximum absolute atomic E-state index is 13.7. The molecule has 0 bridgehead atoms. The molecule has 1 N–H and O–H groups in total. The molecule has 4 nitrogen and oxygen atoms in total. The van der Waals surface area contributed by atoms with Gasteiger partial charge < -0.3 is 14.5 Å². The van der Waals surface area contributed by atoms with E-state index in [1.165, 1.54) is 6.07 Å². The molecule has 136 valence electrons. The molecule has 1 aliphatic rings. The zero-order valence-corrected chi connectivity index (χ0v) is 15.1. The van der Waals surface area contributed by atoms with E-state index in [4.69, 9.17) is 0 Å². The highest BCUT2D eigenvalue weighted by atomic mass is 19.1. The van der Waals surface area contributed by atoms with Crippen molar-refractivity contribution in [3.63, 3.8) is 0 Å². The van der Waals surface area contributed by atoms with Gasteiger partial charge in [0, 0.05) is 52.9 Å². The third kappa shape index (κ3) is 2.62. The van der Waals surface area contributed by atoms with Crippen LogP contribution in [0.25, 0.3) is 21.8 Å². The highest BCUT2D eigenvalue weighted by Crippen LogP contribution is 2.29. The number of nitrogens with one attached hydrogen (secondary N) is 1. The van der Waals surface area contributed by atoms with Crippen molar-refractivity contribution in [2.24, 2.45) is 0 Å². The zero-order chi connectivity index (χ0) is 18.5. The SMILES string of the molecule is Cc1cc2ccccc2n1CC(=O)N1CCc2[nH]c3ccc(F)cc3c2C1. The van der Waals surface area contributed by atoms with Crippen molar-refractivity contribution in [3.05, 3.63) is 71.3 Å². The van der Waals surface area contributed by atoms with E-state index in [9.17, 15) is 9.18 Å². The zero-order valence-electron chi connectivity index (χ0n) is 15.1. The summed E-state index contributed by atoms with van der Waals surface area (Å²) < 4.78 is 15.8. The van der Waals surface area contributed by atoms with E-state index in [0.29, 0.717) is 19.6 Å². The van der Waals surface area contributed by atoms with Crippen LogP contribution >= 0.6 is 0 Å². The van der Waals surface area contributed by atoms with Crippen molar-refractivity contribution in [1.29, 1.82) is 0 Å². The Bertz CT molecular complexity index is 1190. The van der Waals surface area contributed by atoms with Gasteiger partial charge in [-0.05, 0) is 42.6 Å². The van der Waals surface area contributed by atoms with Crippen molar-refractivity contribution in [1.82, 2.24) is 14.5 Å². The summed E-state index contributed by atoms with van der Waals surface area (Å²) in [4.78, 5) is 18.3. The lowest BCUT2D eigenvalue weighted by Gasteiger charge is -2.28. The van der Waals surface area contributed by atoms with Crippen LogP contribution in [0.2, 0.25) is 0 Å². The molecule has 0 aliphatic carbocycles. The standard InChI is InChI=1S/C22H20FN3O/c1-14-10-15-4-2-3-5-21(15)26(14)13-22(27)25-9-8-20-18(12-25)17-11-16(23)6-7-19(17)24-20/h2-7,10-11,24H,8-9,12-13H2,1H3. The minimum atomic E-state index is -0.248. The molecular weight excluding hydrogens is 341 g/mol. The van der Waals surface area contributed by atoms with Crippen LogP contribution in [0.1, 0.15) is 17.0 Å². The van der Waals surface area contributed by atoms with E-state index in [0.717, 1.165) is 45.2 Å². The van der Waals surface area contributed by atoms with Crippen LogP contribution in [-0.4, -0.2) is 26.9 Å². The number of nitrogens with zero attached hydrogens (tertiary/aromatic N) is 2. The number of fused-ring (bicyclic) bond motifs is 4. The van der Waals surface area contributed by atoms with Gasteiger partial charge in [0.2, 0.25) is 5.91 Å². The molecule has 0 saturated carbocycles. The van der Waals surface area contributed by atoms with Gasteiger partial charge in [0.1, 0.15) is 12.4 Å². The molecule has 1 amide bonds. The van der Waals surface area contributed by atoms with Crippen LogP contribution < -0.4 is 0 Å². The monoisotopic (exact) mass is 361 g/mol. The minimum Gasteiger partial charge on any atom is -0.358 e. The second-order valence-electron chi connectivity index (χ2n) is 7.27. The topological polar surface area (TPSA) is 41.0 Å². The highest BCUT2D eigenvalue weighted by molar-refractivity contribution is 5.87. The first-order valence-corrected chi connectivity index (χ1v) is 9.22. The number of hydrogen-bond acceptors (Lipinski definition) is 1. The predicted octanol–water partition coefficient (Wildman–Crippen LogP) is 4.16. The van der Waals surface area contributed by atoms with Crippen LogP contribution in [0, 0.1) is 12.7 Å². The van der Waals surface area contributed by atoms with Crippen molar-refractivity contribution in [2.45, 2.75) is 26.4 Å². The summed E-state index contributed by atoms with van der Waals surface area (Å²) in [6.45, 7) is 3.56. The summed E-state index contributed by atoms with van der Waals surface area (Å²) in [5.41, 5.74) is 5.25. The Hall–Kier alpha value is -3.08. The summed E-state index contributed by atoms with van der Waals surface area (Å²) in [5.74, 6) is -0.155. The van der Waals surface area contributed by atoms with E-state index >= 15 is 0 Å². The molecule has 4 aromatic rings. The summed E-state index contributed by atoms with van der Waals surface area (Å²) >= 11 is 0. The van der Waals surface area contributed by atoms with Gasteiger partial charge in [-0.25, -0.2) is 4.39 Å². The first kappa shape index (κ1) is 16.1. The maximum atomic E-state index is 13.7. The van der Waals surface area contributed by atoms with Crippen LogP contribution in [0.5, 0.6) is 0 Å². The van der Waals surface area contributed by atoms with Gasteiger partial charge in [0.15, 0.2) is 0 Å². The van der Waals surface area contributed by atoms with Crippen molar-refractivity contribution < 1.29 is 9.18 Å². The number of carbonyl (C=O) groups is 1. The normalized spacial score (nSPS) is 14.1. The molecule has 0 unspecified atom stereocenters. The van der Waals surface area contributed by atoms with E-state index in [2.05, 4.69) is 21.7 Å². The molecule has 0 radical (unpaired) electrons. The fourth-order valence-corrected chi connectivity index (χ4v) is 4.19. The van der Waals surface area contributed by atoms with Gasteiger partial charge in [0.05, 0.1) is 0 Å². The molecule has 0 saturated heterocycles. The van der Waals surface area contributed by atoms with Crippen LogP contribution in [0.15, 0.2) is 48.5 Å². The molecule has 0 fully saturated rings. The number of benzene rings is 2. The second kappa shape index (κ2) is 5.98. The number of halogens is 1. The molecule has 5 rings (SSSR count). The quantitative estimate of drug-likeness (QED) is 0.572. The van der Waals surface area contributed by atoms with Crippen molar-refractivity contribution >= 4 is 27.7 Å². The van der Waals surface area contributed by atoms with Crippen LogP contribution in [0.4, 0.5) is 4.39 Å². The summed E-state index contributed by atoms with van der Waals surface area (Å²) in [7, 11) is 0. The molecule has 2 aromatic heterocycles. The molecule has 2 aromatic carbocycles. The Balaban J connectivity index is 1.44. The molecule has 5 heteroatoms. The van der Waals surface area contributed by atoms with Crippen LogP contribution in [-0.2, 0) is 24.3 Å². The third-order valence-electron chi connectivity index (χ3n) is 5.60. The number of aryl methyl sites for hydroxylation is 1. The molecule has 0 spiro atoms. The fraction of sp³-hybridized carbons (Fsp3) is 0.227. The molecular formula is C22H20FN3O. The third-order valence-corrected chi connectivity index (χ3v) is 5.60. The van der Waals surface area contributed by atoms with Gasteiger partial charge in [-0.2, -0.15) is 0 Å². The second-order valence-corrected chi connectivity index (χ2v) is 7.27. The number of aromatic amines is 1. The Morgan fingerprint density at radius 2 is 2.04 bits per heavy atom. The van der Waals surface area contributed by atoms with Gasteiger partial charge in [0.25, 0.3) is 0 Å². The lowest BCUT2D eigenvalue weighted by atomic mass is 10.0. The fourth-order valence-electron chi connectivity index (χ4n) is 4.19. The molecule has 27 heavy (non-hydrogen) atoms. The number of rotatable bonds is 2. The number of hydrogen-bond donors (Lipinski definition) is 1. The Kier molecular flexibility index (Phi) is 3.57. The summed E-state index contributed by atoms with van der Waals surface area (Å²) in [6.07, 6.45) is 0.767. The lowest BCUT2D eigenvalue weighted by Crippen LogP contribution is -2.38. The lowest BCUT2D eigenvalue weighted by molar-refractivity contribution is -0.132. The van der Waals surface area contributed by atoms with Gasteiger partial charge in [-0.3, -0.25) is 4.79 Å². The average molecular weight is 361 g/mol. The predicted molar refractivity (Wildman–Crippen MR) is 104 cm³/mol. The van der Waals surface area contributed by atoms with E-state index in [1.54, 1.807) is 12.1 Å². The van der Waals surface area contributed by atoms with E-state index < -0.39 is 0 Å². The highest BCUT2D eigenvalue weighted by Gasteiger charge is 2.24. The largest absolute Gasteiger partial charge is 0.358 e. The maximum Gasteiger partial charge on any atom is 0.242 e. The number of para-hydroxylation sites is 1. The van der Waals surface area contributed by atoms with Crippen molar-refractivity contribution in [2.75, 3.05) is 6.54 Å². The van der Waals surface area contributed by atoms with Gasteiger partial charge in [-0.1, -0.05) is 18.2 Å². The molecule has 1 aliphatic heterocycles. The van der Waals surface area contributed by atoms with Gasteiger partial charge >= 0.3 is 0 Å². The van der Waals surface area contributed by atoms with E-state index in [1.807, 2.05) is 30.0 Å². The first-order valence-electron chi connectivity index (χ1n) is 9.22. The first-order chi connectivity index (χ1) is 13.1. The van der Waals surface area contributed by atoms with Crippen LogP contribution in [0.3, 0.4) is 0 Å². The summed E-state index contributed by atoms with van der Waals surface area (Å²) in [5, 5.41) is 2.03. The number of aromatic nitrogens is 2. The number of carbonyl (C=O) groups excluding carboxylic acids is 1. The number of amides is 1. The molecule has 3 heterocycles. The Labute approximate surface area is 156 Å².